The molecule has 8 nitrogen and oxygen atoms in total. The summed E-state index contributed by atoms with van der Waals surface area (Å²) in [6, 6.07) is 5.71. The number of aromatic amines is 1. The molecule has 1 aromatic heterocycles. The molecule has 0 spiro atoms. The van der Waals surface area contributed by atoms with Crippen molar-refractivity contribution < 1.29 is 9.72 Å². The zero-order valence-electron chi connectivity index (χ0n) is 14.7. The summed E-state index contributed by atoms with van der Waals surface area (Å²) < 4.78 is 1.25. The van der Waals surface area contributed by atoms with E-state index in [2.05, 4.69) is 10.4 Å². The summed E-state index contributed by atoms with van der Waals surface area (Å²) in [5.74, 6) is -0.329. The molecule has 0 unspecified atom stereocenters. The molecular weight excluding hydrogens is 324 g/mol. The topological polar surface area (TPSA) is 110 Å². The Bertz CT molecular complexity index is 831. The molecule has 0 atom stereocenters. The standard InChI is InChI=1S/C17H22N4O4/c1-10(2)16-15(14(22)9-18-11(3)4)17(23)20(19-16)12-5-7-13(8-6-12)21(24)25/h5-8,10-11,18-19H,9H2,1-4H3. The molecule has 0 radical (unpaired) electrons. The van der Waals surface area contributed by atoms with Crippen molar-refractivity contribution in [3.05, 3.63) is 56.0 Å². The molecule has 1 heterocycles. The number of nitro groups is 1. The number of hydrogen-bond donors (Lipinski definition) is 2. The Balaban J connectivity index is 2.47. The predicted molar refractivity (Wildman–Crippen MR) is 94.6 cm³/mol. The van der Waals surface area contributed by atoms with Crippen LogP contribution in [0.4, 0.5) is 5.69 Å². The average Bonchev–Trinajstić information content (AvgIpc) is 2.90. The SMILES string of the molecule is CC(C)NCC(=O)c1c(C(C)C)[nH]n(-c2ccc([N+](=O)[O-])cc2)c1=O. The third-order valence-electron chi connectivity index (χ3n) is 3.76. The number of non-ortho nitro benzene ring substituents is 1. The van der Waals surface area contributed by atoms with E-state index >= 15 is 0 Å². The molecule has 0 aliphatic heterocycles. The molecule has 2 rings (SSSR count). The van der Waals surface area contributed by atoms with Crippen molar-refractivity contribution >= 4 is 11.5 Å². The molecule has 1 aromatic carbocycles. The number of rotatable bonds is 7. The Morgan fingerprint density at radius 3 is 2.32 bits per heavy atom. The zero-order valence-corrected chi connectivity index (χ0v) is 14.7. The summed E-state index contributed by atoms with van der Waals surface area (Å²) >= 11 is 0. The first-order chi connectivity index (χ1) is 11.7. The van der Waals surface area contributed by atoms with Crippen LogP contribution in [0.25, 0.3) is 5.69 Å². The van der Waals surface area contributed by atoms with Crippen molar-refractivity contribution in [3.63, 3.8) is 0 Å². The summed E-state index contributed by atoms with van der Waals surface area (Å²) in [4.78, 5) is 35.5. The first kappa shape index (κ1) is 18.6. The summed E-state index contributed by atoms with van der Waals surface area (Å²) in [5.41, 5.74) is 0.603. The largest absolute Gasteiger partial charge is 0.307 e. The second kappa shape index (κ2) is 7.43. The smallest absolute Gasteiger partial charge is 0.282 e. The van der Waals surface area contributed by atoms with Crippen molar-refractivity contribution in [1.29, 1.82) is 0 Å². The molecule has 0 amide bonds. The Morgan fingerprint density at radius 2 is 1.84 bits per heavy atom. The van der Waals surface area contributed by atoms with E-state index in [1.165, 1.54) is 28.9 Å². The van der Waals surface area contributed by atoms with Gasteiger partial charge in [-0.2, -0.15) is 0 Å². The van der Waals surface area contributed by atoms with Crippen LogP contribution in [0, 0.1) is 10.1 Å². The lowest BCUT2D eigenvalue weighted by atomic mass is 10.0. The Morgan fingerprint density at radius 1 is 1.24 bits per heavy atom. The first-order valence-corrected chi connectivity index (χ1v) is 8.08. The molecule has 0 aliphatic carbocycles. The van der Waals surface area contributed by atoms with Gasteiger partial charge in [0, 0.05) is 18.2 Å². The average molecular weight is 346 g/mol. The maximum Gasteiger partial charge on any atom is 0.282 e. The van der Waals surface area contributed by atoms with Gasteiger partial charge in [-0.25, -0.2) is 4.68 Å². The van der Waals surface area contributed by atoms with Gasteiger partial charge < -0.3 is 5.32 Å². The number of nitro benzene ring substituents is 1. The highest BCUT2D eigenvalue weighted by molar-refractivity contribution is 5.98. The van der Waals surface area contributed by atoms with E-state index in [0.717, 1.165) is 0 Å². The van der Waals surface area contributed by atoms with Gasteiger partial charge in [0.15, 0.2) is 5.78 Å². The fraction of sp³-hybridized carbons (Fsp3) is 0.412. The second-order valence-electron chi connectivity index (χ2n) is 6.43. The van der Waals surface area contributed by atoms with E-state index in [1.54, 1.807) is 0 Å². The van der Waals surface area contributed by atoms with Crippen molar-refractivity contribution in [2.24, 2.45) is 0 Å². The molecule has 0 saturated carbocycles. The Hall–Kier alpha value is -2.74. The van der Waals surface area contributed by atoms with Gasteiger partial charge in [-0.3, -0.25) is 24.8 Å². The summed E-state index contributed by atoms with van der Waals surface area (Å²) in [6.45, 7) is 7.69. The third kappa shape index (κ3) is 4.03. The molecule has 8 heteroatoms. The lowest BCUT2D eigenvalue weighted by Gasteiger charge is -2.08. The van der Waals surface area contributed by atoms with E-state index in [9.17, 15) is 19.7 Å². The fourth-order valence-corrected chi connectivity index (χ4v) is 2.43. The quantitative estimate of drug-likeness (QED) is 0.454. The fourth-order valence-electron chi connectivity index (χ4n) is 2.43. The number of nitrogens with one attached hydrogen (secondary N) is 2. The number of H-pyrrole nitrogens is 1. The van der Waals surface area contributed by atoms with Crippen LogP contribution in [-0.2, 0) is 0 Å². The maximum absolute atomic E-state index is 12.7. The molecule has 0 bridgehead atoms. The van der Waals surface area contributed by atoms with E-state index in [-0.39, 0.29) is 35.5 Å². The van der Waals surface area contributed by atoms with Gasteiger partial charge in [-0.15, -0.1) is 0 Å². The van der Waals surface area contributed by atoms with Gasteiger partial charge in [-0.1, -0.05) is 27.7 Å². The second-order valence-corrected chi connectivity index (χ2v) is 6.43. The molecule has 2 aromatic rings. The van der Waals surface area contributed by atoms with Crippen LogP contribution >= 0.6 is 0 Å². The molecule has 0 aliphatic rings. The zero-order chi connectivity index (χ0) is 18.7. The Kier molecular flexibility index (Phi) is 5.53. The minimum Gasteiger partial charge on any atom is -0.307 e. The number of Topliss-reactive ketones (excluding diaryl/α,β-unsaturated/α-hetero) is 1. The van der Waals surface area contributed by atoms with Gasteiger partial charge in [0.2, 0.25) is 0 Å². The van der Waals surface area contributed by atoms with Crippen LogP contribution < -0.4 is 10.9 Å². The van der Waals surface area contributed by atoms with E-state index in [4.69, 9.17) is 0 Å². The van der Waals surface area contributed by atoms with Crippen LogP contribution in [-0.4, -0.2) is 33.1 Å². The molecular formula is C17H22N4O4. The highest BCUT2D eigenvalue weighted by Gasteiger charge is 2.23. The van der Waals surface area contributed by atoms with Crippen LogP contribution in [0.2, 0.25) is 0 Å². The number of hydrogen-bond acceptors (Lipinski definition) is 5. The number of carbonyl (C=O) groups is 1. The maximum atomic E-state index is 12.7. The van der Waals surface area contributed by atoms with Gasteiger partial charge in [0.1, 0.15) is 5.56 Å². The molecule has 2 N–H and O–H groups in total. The summed E-state index contributed by atoms with van der Waals surface area (Å²) in [6.07, 6.45) is 0. The van der Waals surface area contributed by atoms with Gasteiger partial charge in [0.25, 0.3) is 11.2 Å². The highest BCUT2D eigenvalue weighted by Crippen LogP contribution is 2.18. The number of nitrogens with zero attached hydrogens (tertiary/aromatic N) is 2. The van der Waals surface area contributed by atoms with Crippen LogP contribution in [0.3, 0.4) is 0 Å². The minimum absolute atomic E-state index is 0.0509. The highest BCUT2D eigenvalue weighted by atomic mass is 16.6. The monoisotopic (exact) mass is 346 g/mol. The molecule has 0 saturated heterocycles. The number of benzene rings is 1. The third-order valence-corrected chi connectivity index (χ3v) is 3.76. The normalized spacial score (nSPS) is 11.3. The van der Waals surface area contributed by atoms with Gasteiger partial charge in [0.05, 0.1) is 22.8 Å². The summed E-state index contributed by atoms with van der Waals surface area (Å²) in [5, 5.41) is 16.7. The lowest BCUT2D eigenvalue weighted by molar-refractivity contribution is -0.384. The van der Waals surface area contributed by atoms with Crippen LogP contribution in [0.15, 0.2) is 29.1 Å². The Labute approximate surface area is 145 Å². The van der Waals surface area contributed by atoms with Gasteiger partial charge >= 0.3 is 0 Å². The molecule has 25 heavy (non-hydrogen) atoms. The molecule has 134 valence electrons. The van der Waals surface area contributed by atoms with Crippen LogP contribution in [0.1, 0.15) is 49.7 Å². The predicted octanol–water partition coefficient (Wildman–Crippen LogP) is 2.38. The number of aromatic nitrogens is 2. The van der Waals surface area contributed by atoms with Crippen molar-refractivity contribution in [2.75, 3.05) is 6.54 Å². The van der Waals surface area contributed by atoms with E-state index in [1.807, 2.05) is 27.7 Å². The molecule has 0 fully saturated rings. The summed E-state index contributed by atoms with van der Waals surface area (Å²) in [7, 11) is 0. The van der Waals surface area contributed by atoms with Crippen molar-refractivity contribution in [3.8, 4) is 5.69 Å². The van der Waals surface area contributed by atoms with Crippen molar-refractivity contribution in [2.45, 2.75) is 39.7 Å². The van der Waals surface area contributed by atoms with Crippen molar-refractivity contribution in [1.82, 2.24) is 15.1 Å². The number of ketones is 1. The van der Waals surface area contributed by atoms with E-state index < -0.39 is 10.5 Å². The van der Waals surface area contributed by atoms with E-state index in [0.29, 0.717) is 11.4 Å². The number of carbonyl (C=O) groups excluding carboxylic acids is 1. The lowest BCUT2D eigenvalue weighted by Crippen LogP contribution is -2.32. The van der Waals surface area contributed by atoms with Crippen LogP contribution in [0.5, 0.6) is 0 Å². The first-order valence-electron chi connectivity index (χ1n) is 8.08. The van der Waals surface area contributed by atoms with Gasteiger partial charge in [-0.05, 0) is 18.1 Å². The minimum atomic E-state index is -0.507.